The molecule has 214 valence electrons. The molecule has 0 saturated carbocycles. The molecule has 0 atom stereocenters. The first-order valence-corrected chi connectivity index (χ1v) is 16.0. The van der Waals surface area contributed by atoms with Gasteiger partial charge in [0.15, 0.2) is 4.33 Å². The highest BCUT2D eigenvalue weighted by atomic mass is 35.5. The molecule has 0 spiro atoms. The summed E-state index contributed by atoms with van der Waals surface area (Å²) in [5.41, 5.74) is 5.98. The minimum absolute atomic E-state index is 0.317. The van der Waals surface area contributed by atoms with Crippen LogP contribution < -0.4 is 0 Å². The van der Waals surface area contributed by atoms with Crippen LogP contribution in [-0.4, -0.2) is 0 Å². The lowest BCUT2D eigenvalue weighted by Crippen LogP contribution is -2.15. The number of hydrogen-bond donors (Lipinski definition) is 0. The van der Waals surface area contributed by atoms with Crippen LogP contribution in [-0.2, 0) is 10.8 Å². The Morgan fingerprint density at radius 3 is 1.43 bits per heavy atom. The van der Waals surface area contributed by atoms with Crippen molar-refractivity contribution in [2.75, 3.05) is 0 Å². The van der Waals surface area contributed by atoms with Gasteiger partial charge in [-0.25, -0.2) is 0 Å². The molecule has 0 aromatic heterocycles. The predicted molar refractivity (Wildman–Crippen MR) is 186 cm³/mol. The molecule has 0 amide bonds. The van der Waals surface area contributed by atoms with E-state index in [1.165, 1.54) is 0 Å². The number of benzene rings is 5. The minimum atomic E-state index is -1.57. The first-order valence-electron chi connectivity index (χ1n) is 12.2. The van der Waals surface area contributed by atoms with Crippen LogP contribution in [0.3, 0.4) is 0 Å². The number of alkyl halides is 2. The van der Waals surface area contributed by atoms with Crippen molar-refractivity contribution in [2.45, 2.75) is 10.8 Å². The van der Waals surface area contributed by atoms with E-state index >= 15 is 0 Å². The Labute approximate surface area is 293 Å². The van der Waals surface area contributed by atoms with Crippen LogP contribution in [0.4, 0.5) is 0 Å². The van der Waals surface area contributed by atoms with Crippen LogP contribution in [0, 0.1) is 0 Å². The maximum absolute atomic E-state index is 7.23. The van der Waals surface area contributed by atoms with Gasteiger partial charge < -0.3 is 0 Å². The zero-order valence-corrected chi connectivity index (χ0v) is 28.6. The Kier molecular flexibility index (Phi) is 10.1. The van der Waals surface area contributed by atoms with Crippen molar-refractivity contribution in [1.82, 2.24) is 0 Å². The van der Waals surface area contributed by atoms with Crippen LogP contribution in [0.5, 0.6) is 0 Å². The summed E-state index contributed by atoms with van der Waals surface area (Å²) < 4.78 is -1.57. The normalized spacial score (nSPS) is 11.7. The summed E-state index contributed by atoms with van der Waals surface area (Å²) in [6, 6.07) is 25.2. The first-order chi connectivity index (χ1) is 19.9. The lowest BCUT2D eigenvalue weighted by atomic mass is 9.83. The molecule has 0 heterocycles. The van der Waals surface area contributed by atoms with Crippen LogP contribution >= 0.6 is 116 Å². The van der Waals surface area contributed by atoms with Gasteiger partial charge in [-0.2, -0.15) is 0 Å². The second-order valence-corrected chi connectivity index (χ2v) is 14.0. The Hall–Kier alpha value is -1.000. The van der Waals surface area contributed by atoms with Crippen LogP contribution in [0.15, 0.2) is 84.9 Å². The third-order valence-corrected chi connectivity index (χ3v) is 10.5. The standard InChI is InChI=1S/C32H16Cl10/c33-22-7-1-16(12-26(22)37)11-17-2-6-21(32(41,42)20-5-10-25(36)29(40)15-20)31(19-4-9-24(35)28(39)14-19)30(17)18-3-8-23(34)27(38)13-18/h1-10,12-15H,11H2. The van der Waals surface area contributed by atoms with E-state index in [-0.39, 0.29) is 0 Å². The lowest BCUT2D eigenvalue weighted by Gasteiger charge is -2.28. The van der Waals surface area contributed by atoms with E-state index in [2.05, 4.69) is 0 Å². The highest BCUT2D eigenvalue weighted by molar-refractivity contribution is 6.51. The molecule has 0 saturated heterocycles. The van der Waals surface area contributed by atoms with E-state index in [9.17, 15) is 0 Å². The molecule has 5 aromatic carbocycles. The van der Waals surface area contributed by atoms with Crippen LogP contribution in [0.1, 0.15) is 22.3 Å². The molecule has 10 heteroatoms. The Bertz CT molecular complexity index is 1830. The molecule has 0 unspecified atom stereocenters. The first kappa shape index (κ1) is 32.4. The van der Waals surface area contributed by atoms with Gasteiger partial charge in [0.25, 0.3) is 0 Å². The zero-order valence-electron chi connectivity index (χ0n) is 21.1. The fourth-order valence-electron chi connectivity index (χ4n) is 4.70. The highest BCUT2D eigenvalue weighted by Gasteiger charge is 2.35. The molecule has 0 bridgehead atoms. The van der Waals surface area contributed by atoms with E-state index in [1.54, 1.807) is 48.5 Å². The van der Waals surface area contributed by atoms with Crippen molar-refractivity contribution in [3.05, 3.63) is 147 Å². The summed E-state index contributed by atoms with van der Waals surface area (Å²) in [5, 5.41) is 3.17. The maximum atomic E-state index is 7.23. The fraction of sp³-hybridized carbons (Fsp3) is 0.0625. The summed E-state index contributed by atoms with van der Waals surface area (Å²) in [6.07, 6.45) is 0.491. The summed E-state index contributed by atoms with van der Waals surface area (Å²) in [4.78, 5) is 0. The third-order valence-electron chi connectivity index (χ3n) is 6.71. The van der Waals surface area contributed by atoms with Gasteiger partial charge >= 0.3 is 0 Å². The van der Waals surface area contributed by atoms with Gasteiger partial charge in [0.2, 0.25) is 0 Å². The van der Waals surface area contributed by atoms with Gasteiger partial charge in [0, 0.05) is 5.56 Å². The van der Waals surface area contributed by atoms with E-state index in [4.69, 9.17) is 116 Å². The largest absolute Gasteiger partial charge is 0.168 e. The summed E-state index contributed by atoms with van der Waals surface area (Å²) in [5.74, 6) is 0. The molecule has 0 N–H and O–H groups in total. The fourth-order valence-corrected chi connectivity index (χ4v) is 6.47. The molecule has 0 aliphatic rings. The lowest BCUT2D eigenvalue weighted by molar-refractivity contribution is 1.04. The number of hydrogen-bond acceptors (Lipinski definition) is 0. The van der Waals surface area contributed by atoms with Gasteiger partial charge in [0.05, 0.1) is 40.2 Å². The smallest absolute Gasteiger partial charge is 0.0909 e. The van der Waals surface area contributed by atoms with Crippen molar-refractivity contribution in [1.29, 1.82) is 0 Å². The van der Waals surface area contributed by atoms with Crippen molar-refractivity contribution in [2.24, 2.45) is 0 Å². The molecule has 0 fully saturated rings. The second kappa shape index (κ2) is 13.2. The average molecular weight is 755 g/mol. The van der Waals surface area contributed by atoms with Crippen molar-refractivity contribution in [3.63, 3.8) is 0 Å². The SMILES string of the molecule is Clc1ccc(Cc2ccc(C(Cl)(Cl)c3ccc(Cl)c(Cl)c3)c(-c3ccc(Cl)c(Cl)c3)c2-c2ccc(Cl)c(Cl)c2)cc1Cl. The molecule has 0 aliphatic heterocycles. The van der Waals surface area contributed by atoms with Crippen molar-refractivity contribution >= 4 is 116 Å². The highest BCUT2D eigenvalue weighted by Crippen LogP contribution is 2.51. The van der Waals surface area contributed by atoms with Gasteiger partial charge in [0.1, 0.15) is 0 Å². The summed E-state index contributed by atoms with van der Waals surface area (Å²) >= 11 is 65.3. The predicted octanol–water partition coefficient (Wildman–Crippen LogP) is 14.5. The van der Waals surface area contributed by atoms with Crippen molar-refractivity contribution < 1.29 is 0 Å². The minimum Gasteiger partial charge on any atom is -0.0909 e. The molecule has 0 nitrogen and oxygen atoms in total. The number of halogens is 10. The molecular formula is C32H16Cl10. The second-order valence-electron chi connectivity index (χ2n) is 9.41. The maximum Gasteiger partial charge on any atom is 0.168 e. The molecular weight excluding hydrogens is 739 g/mol. The topological polar surface area (TPSA) is 0 Å². The van der Waals surface area contributed by atoms with E-state index in [0.29, 0.717) is 63.3 Å². The van der Waals surface area contributed by atoms with Gasteiger partial charge in [-0.1, -0.05) is 152 Å². The zero-order chi connectivity index (χ0) is 30.3. The Morgan fingerprint density at radius 1 is 0.429 bits per heavy atom. The monoisotopic (exact) mass is 750 g/mol. The van der Waals surface area contributed by atoms with Crippen LogP contribution in [0.2, 0.25) is 40.2 Å². The average Bonchev–Trinajstić information content (AvgIpc) is 2.95. The third kappa shape index (κ3) is 6.65. The van der Waals surface area contributed by atoms with E-state index in [1.807, 2.05) is 36.4 Å². The Morgan fingerprint density at radius 2 is 0.905 bits per heavy atom. The van der Waals surface area contributed by atoms with Crippen LogP contribution in [0.25, 0.3) is 22.3 Å². The molecule has 5 rings (SSSR count). The molecule has 0 aliphatic carbocycles. The number of rotatable bonds is 6. The van der Waals surface area contributed by atoms with E-state index in [0.717, 1.165) is 27.8 Å². The molecule has 42 heavy (non-hydrogen) atoms. The van der Waals surface area contributed by atoms with E-state index < -0.39 is 4.33 Å². The Balaban J connectivity index is 1.87. The summed E-state index contributed by atoms with van der Waals surface area (Å²) in [6.45, 7) is 0. The quantitative estimate of drug-likeness (QED) is 0.151. The molecule has 0 radical (unpaired) electrons. The molecule has 5 aromatic rings. The van der Waals surface area contributed by atoms with Gasteiger partial charge in [-0.15, -0.1) is 0 Å². The van der Waals surface area contributed by atoms with Gasteiger partial charge in [-0.3, -0.25) is 0 Å². The van der Waals surface area contributed by atoms with Gasteiger partial charge in [-0.05, 0) is 93.9 Å². The van der Waals surface area contributed by atoms with Crippen molar-refractivity contribution in [3.8, 4) is 22.3 Å². The summed E-state index contributed by atoms with van der Waals surface area (Å²) in [7, 11) is 0.